The number of hydrogen-bond acceptors (Lipinski definition) is 4. The van der Waals surface area contributed by atoms with Crippen molar-refractivity contribution in [2.24, 2.45) is 9.81 Å². The Kier molecular flexibility index (Phi) is 3.34. The van der Waals surface area contributed by atoms with Crippen LogP contribution in [0.25, 0.3) is 16.6 Å². The van der Waals surface area contributed by atoms with Crippen LogP contribution in [-0.2, 0) is 11.2 Å². The van der Waals surface area contributed by atoms with Crippen LogP contribution in [0.3, 0.4) is 0 Å². The summed E-state index contributed by atoms with van der Waals surface area (Å²) in [5.74, 6) is 0. The van der Waals surface area contributed by atoms with E-state index in [1.165, 1.54) is 47.2 Å². The van der Waals surface area contributed by atoms with E-state index in [9.17, 15) is 4.79 Å². The molecule has 0 amide bonds. The summed E-state index contributed by atoms with van der Waals surface area (Å²) >= 11 is 1.12. The molecule has 4 nitrogen and oxygen atoms in total. The lowest BCUT2D eigenvalue weighted by atomic mass is 9.66. The van der Waals surface area contributed by atoms with Crippen LogP contribution in [0.4, 0.5) is 0 Å². The molecular weight excluding hydrogens is 354 g/mol. The molecule has 0 aliphatic carbocycles. The molecule has 1 aromatic carbocycles. The molecule has 1 saturated heterocycles. The highest BCUT2D eigenvalue weighted by Gasteiger charge is 2.50. The van der Waals surface area contributed by atoms with Gasteiger partial charge in [0.05, 0.1) is 41.3 Å². The second-order valence-corrected chi connectivity index (χ2v) is 9.12. The predicted molar refractivity (Wildman–Crippen MR) is 111 cm³/mol. The summed E-state index contributed by atoms with van der Waals surface area (Å²) in [4.78, 5) is 14.7. The molecule has 4 aliphatic rings. The minimum atomic E-state index is 0.159. The summed E-state index contributed by atoms with van der Waals surface area (Å²) in [6.45, 7) is 4.69. The van der Waals surface area contributed by atoms with E-state index < -0.39 is 0 Å². The van der Waals surface area contributed by atoms with Crippen molar-refractivity contribution >= 4 is 39.4 Å². The molecular formula is C22H23N3OS. The third-order valence-corrected chi connectivity index (χ3v) is 7.77. The van der Waals surface area contributed by atoms with Crippen molar-refractivity contribution in [3.63, 3.8) is 0 Å². The van der Waals surface area contributed by atoms with Gasteiger partial charge in [0, 0.05) is 23.0 Å². The Bertz CT molecular complexity index is 1050. The Morgan fingerprint density at radius 1 is 1.30 bits per heavy atom. The highest BCUT2D eigenvalue weighted by molar-refractivity contribution is 8.13. The van der Waals surface area contributed by atoms with Gasteiger partial charge < -0.3 is 4.57 Å². The van der Waals surface area contributed by atoms with Gasteiger partial charge in [-0.2, -0.15) is 0 Å². The van der Waals surface area contributed by atoms with Crippen molar-refractivity contribution in [1.82, 2.24) is 9.47 Å². The molecule has 138 valence electrons. The van der Waals surface area contributed by atoms with Gasteiger partial charge in [0.25, 0.3) is 0 Å². The van der Waals surface area contributed by atoms with Gasteiger partial charge >= 0.3 is 0 Å². The van der Waals surface area contributed by atoms with Crippen LogP contribution < -0.4 is 0 Å². The quantitative estimate of drug-likeness (QED) is 0.718. The maximum absolute atomic E-state index is 12.0. The van der Waals surface area contributed by atoms with Crippen LogP contribution in [-0.4, -0.2) is 33.4 Å². The van der Waals surface area contributed by atoms with E-state index in [-0.39, 0.29) is 10.5 Å². The van der Waals surface area contributed by atoms with Gasteiger partial charge in [-0.3, -0.25) is 9.69 Å². The normalized spacial score (nSPS) is 29.7. The summed E-state index contributed by atoms with van der Waals surface area (Å²) in [6, 6.07) is 9.25. The van der Waals surface area contributed by atoms with Crippen LogP contribution in [0.15, 0.2) is 34.7 Å². The number of carbonyl (C=O) groups is 1. The van der Waals surface area contributed by atoms with Crippen molar-refractivity contribution < 1.29 is 4.79 Å². The second-order valence-electron chi connectivity index (χ2n) is 8.30. The number of para-hydroxylation sites is 1. The molecule has 27 heavy (non-hydrogen) atoms. The highest BCUT2D eigenvalue weighted by Crippen LogP contribution is 2.57. The Morgan fingerprint density at radius 2 is 2.19 bits per heavy atom. The van der Waals surface area contributed by atoms with Gasteiger partial charge in [-0.15, -0.1) is 0 Å². The summed E-state index contributed by atoms with van der Waals surface area (Å²) < 4.78 is 7.03. The van der Waals surface area contributed by atoms with E-state index in [0.29, 0.717) is 12.5 Å². The summed E-state index contributed by atoms with van der Waals surface area (Å²) in [7, 11) is 0. The SMILES string of the molecule is CC[C@@]12C=C(C3=NSC(=O)C3)n3c4c(c5ccccc53)CCN(CCC1)[C@H]42. The predicted octanol–water partition coefficient (Wildman–Crippen LogP) is 4.60. The molecule has 0 unspecified atom stereocenters. The Labute approximate surface area is 163 Å². The van der Waals surface area contributed by atoms with Crippen LogP contribution in [0.2, 0.25) is 0 Å². The topological polar surface area (TPSA) is 37.6 Å². The van der Waals surface area contributed by atoms with Crippen molar-refractivity contribution in [1.29, 1.82) is 0 Å². The second kappa shape index (κ2) is 5.58. The van der Waals surface area contributed by atoms with E-state index in [1.807, 2.05) is 0 Å². The smallest absolute Gasteiger partial charge is 0.217 e. The molecule has 5 heterocycles. The number of rotatable bonds is 2. The summed E-state index contributed by atoms with van der Waals surface area (Å²) in [6.07, 6.45) is 7.68. The number of nitrogens with zero attached hydrogens (tertiary/aromatic N) is 3. The maximum atomic E-state index is 12.0. The fraction of sp³-hybridized carbons (Fsp3) is 0.455. The molecule has 0 saturated carbocycles. The Morgan fingerprint density at radius 3 is 3.00 bits per heavy atom. The molecule has 0 bridgehead atoms. The van der Waals surface area contributed by atoms with Crippen molar-refractivity contribution in [3.05, 3.63) is 41.6 Å². The number of hydrogen-bond donors (Lipinski definition) is 0. The molecule has 2 aromatic rings. The molecule has 0 N–H and O–H groups in total. The largest absolute Gasteiger partial charge is 0.310 e. The molecule has 1 aromatic heterocycles. The highest BCUT2D eigenvalue weighted by atomic mass is 32.2. The minimum absolute atomic E-state index is 0.159. The minimum Gasteiger partial charge on any atom is -0.310 e. The average Bonchev–Trinajstić information content (AvgIpc) is 3.28. The number of benzene rings is 1. The molecule has 6 rings (SSSR count). The monoisotopic (exact) mass is 377 g/mol. The zero-order chi connectivity index (χ0) is 18.2. The number of allylic oxidation sites excluding steroid dienone is 1. The van der Waals surface area contributed by atoms with E-state index in [2.05, 4.69) is 51.1 Å². The van der Waals surface area contributed by atoms with Gasteiger partial charge in [0.1, 0.15) is 0 Å². The van der Waals surface area contributed by atoms with E-state index >= 15 is 0 Å². The molecule has 4 aliphatic heterocycles. The van der Waals surface area contributed by atoms with Gasteiger partial charge in [-0.05, 0) is 43.9 Å². The lowest BCUT2D eigenvalue weighted by Crippen LogP contribution is -2.51. The summed E-state index contributed by atoms with van der Waals surface area (Å²) in [5.41, 5.74) is 6.57. The summed E-state index contributed by atoms with van der Waals surface area (Å²) in [5, 5.41) is 1.54. The number of aromatic nitrogens is 1. The zero-order valence-corrected chi connectivity index (χ0v) is 16.4. The first kappa shape index (κ1) is 16.1. The number of piperidine rings is 1. The number of fused-ring (bicyclic) bond motifs is 3. The van der Waals surface area contributed by atoms with Gasteiger partial charge in [-0.25, -0.2) is 4.40 Å². The van der Waals surface area contributed by atoms with Crippen molar-refractivity contribution in [2.45, 2.75) is 45.1 Å². The average molecular weight is 378 g/mol. The van der Waals surface area contributed by atoms with E-state index in [1.54, 1.807) is 0 Å². The van der Waals surface area contributed by atoms with Crippen molar-refractivity contribution in [2.75, 3.05) is 13.1 Å². The third-order valence-electron chi connectivity index (χ3n) is 7.11. The molecule has 5 heteroatoms. The fourth-order valence-electron chi connectivity index (χ4n) is 5.94. The zero-order valence-electron chi connectivity index (χ0n) is 15.6. The van der Waals surface area contributed by atoms with Crippen molar-refractivity contribution in [3.8, 4) is 0 Å². The number of carbonyl (C=O) groups excluding carboxylic acids is 1. The van der Waals surface area contributed by atoms with Gasteiger partial charge in [0.2, 0.25) is 5.12 Å². The van der Waals surface area contributed by atoms with E-state index in [4.69, 9.17) is 0 Å². The fourth-order valence-corrected chi connectivity index (χ4v) is 6.51. The third kappa shape index (κ3) is 2.04. The first-order chi connectivity index (χ1) is 13.2. The Balaban J connectivity index is 1.70. The molecule has 0 spiro atoms. The molecule has 2 atom stereocenters. The molecule has 0 radical (unpaired) electrons. The Hall–Kier alpha value is -1.85. The van der Waals surface area contributed by atoms with Crippen LogP contribution >= 0.6 is 11.9 Å². The first-order valence-corrected chi connectivity index (χ1v) is 10.9. The standard InChI is InChI=1S/C22H23N3OS/c1-2-22-9-5-10-24-11-8-15-14-6-3-4-7-17(14)25(20(15)21(22)24)18(13-22)16-12-19(26)27-23-16/h3-4,6-7,13,21H,2,5,8-12H2,1H3/t21-,22+/m1/s1. The van der Waals surface area contributed by atoms with Crippen LogP contribution in [0, 0.1) is 5.41 Å². The first-order valence-electron chi connectivity index (χ1n) is 10.1. The van der Waals surface area contributed by atoms with E-state index in [0.717, 1.165) is 37.0 Å². The maximum Gasteiger partial charge on any atom is 0.217 e. The lowest BCUT2D eigenvalue weighted by Gasteiger charge is -2.53. The lowest BCUT2D eigenvalue weighted by molar-refractivity contribution is -0.109. The van der Waals surface area contributed by atoms with Crippen LogP contribution in [0.5, 0.6) is 0 Å². The van der Waals surface area contributed by atoms with Gasteiger partial charge in [0.15, 0.2) is 0 Å². The van der Waals surface area contributed by atoms with Crippen LogP contribution in [0.1, 0.15) is 49.9 Å². The van der Waals surface area contributed by atoms with Gasteiger partial charge in [-0.1, -0.05) is 31.2 Å². The molecule has 1 fully saturated rings.